The zero-order valence-electron chi connectivity index (χ0n) is 16.2. The topological polar surface area (TPSA) is 137 Å². The number of carboxylic acids is 1. The van der Waals surface area contributed by atoms with E-state index in [0.717, 1.165) is 16.8 Å². The van der Waals surface area contributed by atoms with E-state index in [2.05, 4.69) is 15.7 Å². The predicted molar refractivity (Wildman–Crippen MR) is 114 cm³/mol. The Hall–Kier alpha value is -3.88. The highest BCUT2D eigenvalue weighted by Gasteiger charge is 2.33. The van der Waals surface area contributed by atoms with E-state index in [1.54, 1.807) is 53.4 Å². The van der Waals surface area contributed by atoms with Crippen molar-refractivity contribution in [2.24, 2.45) is 10.9 Å². The van der Waals surface area contributed by atoms with E-state index < -0.39 is 18.0 Å². The van der Waals surface area contributed by atoms with Gasteiger partial charge in [-0.3, -0.25) is 9.59 Å². The van der Waals surface area contributed by atoms with E-state index in [1.807, 2.05) is 0 Å². The van der Waals surface area contributed by atoms with Gasteiger partial charge >= 0.3 is 12.0 Å². The lowest BCUT2D eigenvalue weighted by Crippen LogP contribution is -2.43. The van der Waals surface area contributed by atoms with E-state index in [0.29, 0.717) is 25.1 Å². The number of aliphatic carboxylic acids is 1. The van der Waals surface area contributed by atoms with Crippen LogP contribution >= 0.6 is 0 Å². The van der Waals surface area contributed by atoms with Crippen molar-refractivity contribution in [1.29, 1.82) is 0 Å². The number of nitrogens with one attached hydrogen (secondary N) is 2. The molecule has 1 fully saturated rings. The predicted octanol–water partition coefficient (Wildman–Crippen LogP) is 1.92. The molecular weight excluding hydrogens is 386 g/mol. The Kier molecular flexibility index (Phi) is 6.63. The Morgan fingerprint density at radius 2 is 1.93 bits per heavy atom. The van der Waals surface area contributed by atoms with Crippen LogP contribution in [-0.2, 0) is 16.0 Å². The van der Waals surface area contributed by atoms with Gasteiger partial charge in [0.05, 0.1) is 6.21 Å². The second kappa shape index (κ2) is 9.55. The molecule has 2 aromatic carbocycles. The summed E-state index contributed by atoms with van der Waals surface area (Å²) in [7, 11) is 0. The molecule has 0 unspecified atom stereocenters. The van der Waals surface area contributed by atoms with Crippen molar-refractivity contribution in [2.45, 2.75) is 25.3 Å². The number of amides is 3. The summed E-state index contributed by atoms with van der Waals surface area (Å²) in [6, 6.07) is 13.1. The number of hydrazone groups is 1. The summed E-state index contributed by atoms with van der Waals surface area (Å²) in [6.45, 7) is 0.489. The van der Waals surface area contributed by atoms with Gasteiger partial charge in [0.15, 0.2) is 0 Å². The third-order valence-electron chi connectivity index (χ3n) is 4.81. The smallest absolute Gasteiger partial charge is 0.319 e. The number of hydrogen-bond donors (Lipinski definition) is 4. The average molecular weight is 409 g/mol. The van der Waals surface area contributed by atoms with Crippen LogP contribution in [-0.4, -0.2) is 41.8 Å². The minimum absolute atomic E-state index is 0.0354. The summed E-state index contributed by atoms with van der Waals surface area (Å²) < 4.78 is 0. The molecule has 1 aliphatic rings. The minimum atomic E-state index is -0.908. The van der Waals surface area contributed by atoms with Gasteiger partial charge in [0.2, 0.25) is 5.91 Å². The van der Waals surface area contributed by atoms with Gasteiger partial charge in [0.25, 0.3) is 0 Å². The van der Waals surface area contributed by atoms with Crippen molar-refractivity contribution in [3.8, 4) is 0 Å². The molecule has 156 valence electrons. The molecular formula is C21H23N5O4. The first-order valence-electron chi connectivity index (χ1n) is 9.50. The fourth-order valence-electron chi connectivity index (χ4n) is 3.32. The molecule has 1 saturated heterocycles. The largest absolute Gasteiger partial charge is 0.481 e. The molecule has 3 amide bonds. The Bertz CT molecular complexity index is 958. The van der Waals surface area contributed by atoms with Gasteiger partial charge in [0.1, 0.15) is 6.04 Å². The lowest BCUT2D eigenvalue weighted by molar-refractivity contribution is -0.137. The van der Waals surface area contributed by atoms with Crippen LogP contribution in [0.25, 0.3) is 0 Å². The maximum Gasteiger partial charge on any atom is 0.319 e. The van der Waals surface area contributed by atoms with Crippen LogP contribution in [0.4, 0.5) is 16.2 Å². The number of nitrogens with two attached hydrogens (primary N) is 1. The SMILES string of the molecule is NN=Cc1ccc(N2CC[C@H](NC(=O)Nc3ccccc3CCC(=O)O)C2=O)cc1. The second-order valence-electron chi connectivity index (χ2n) is 6.85. The van der Waals surface area contributed by atoms with Crippen LogP contribution in [0.2, 0.25) is 0 Å². The van der Waals surface area contributed by atoms with Crippen molar-refractivity contribution in [2.75, 3.05) is 16.8 Å². The van der Waals surface area contributed by atoms with Crippen LogP contribution in [0.3, 0.4) is 0 Å². The van der Waals surface area contributed by atoms with E-state index in [9.17, 15) is 14.4 Å². The quantitative estimate of drug-likeness (QED) is 0.315. The molecule has 0 saturated carbocycles. The Labute approximate surface area is 173 Å². The van der Waals surface area contributed by atoms with Crippen molar-refractivity contribution in [1.82, 2.24) is 5.32 Å². The zero-order chi connectivity index (χ0) is 21.5. The van der Waals surface area contributed by atoms with Crippen LogP contribution < -0.4 is 21.4 Å². The summed E-state index contributed by atoms with van der Waals surface area (Å²) in [5, 5.41) is 17.8. The second-order valence-corrected chi connectivity index (χ2v) is 6.85. The maximum absolute atomic E-state index is 12.7. The summed E-state index contributed by atoms with van der Waals surface area (Å²) in [5.41, 5.74) is 2.80. The van der Waals surface area contributed by atoms with Gasteiger partial charge in [-0.05, 0) is 42.2 Å². The first-order chi connectivity index (χ1) is 14.5. The number of carbonyl (C=O) groups is 3. The number of nitrogens with zero attached hydrogens (tertiary/aromatic N) is 2. The highest BCUT2D eigenvalue weighted by atomic mass is 16.4. The molecule has 2 aromatic rings. The number of rotatable bonds is 7. The fourth-order valence-corrected chi connectivity index (χ4v) is 3.32. The number of carboxylic acid groups (broad SMARTS) is 1. The molecule has 1 atom stereocenters. The summed E-state index contributed by atoms with van der Waals surface area (Å²) in [6.07, 6.45) is 2.26. The lowest BCUT2D eigenvalue weighted by Gasteiger charge is -2.18. The third kappa shape index (κ3) is 5.13. The zero-order valence-corrected chi connectivity index (χ0v) is 16.2. The number of anilines is 2. The molecule has 0 radical (unpaired) electrons. The molecule has 3 rings (SSSR count). The Balaban J connectivity index is 1.60. The van der Waals surface area contributed by atoms with Gasteiger partial charge in [-0.1, -0.05) is 30.3 Å². The monoisotopic (exact) mass is 409 g/mol. The molecule has 1 aliphatic heterocycles. The number of para-hydroxylation sites is 1. The van der Waals surface area contributed by atoms with Crippen LogP contribution in [0, 0.1) is 0 Å². The normalized spacial score (nSPS) is 16.1. The number of carbonyl (C=O) groups excluding carboxylic acids is 2. The van der Waals surface area contributed by atoms with E-state index >= 15 is 0 Å². The number of benzene rings is 2. The van der Waals surface area contributed by atoms with Crippen molar-refractivity contribution in [3.05, 3.63) is 59.7 Å². The molecule has 0 spiro atoms. The van der Waals surface area contributed by atoms with E-state index in [1.165, 1.54) is 6.21 Å². The molecule has 0 aliphatic carbocycles. The number of hydrogen-bond acceptors (Lipinski definition) is 5. The number of urea groups is 1. The summed E-state index contributed by atoms with van der Waals surface area (Å²) in [4.78, 5) is 37.6. The highest BCUT2D eigenvalue weighted by molar-refractivity contribution is 6.02. The molecule has 9 nitrogen and oxygen atoms in total. The first kappa shape index (κ1) is 20.8. The van der Waals surface area contributed by atoms with Crippen molar-refractivity contribution >= 4 is 35.5 Å². The minimum Gasteiger partial charge on any atom is -0.481 e. The molecule has 1 heterocycles. The Morgan fingerprint density at radius 1 is 1.20 bits per heavy atom. The lowest BCUT2D eigenvalue weighted by atomic mass is 10.1. The molecule has 30 heavy (non-hydrogen) atoms. The van der Waals surface area contributed by atoms with Gasteiger partial charge < -0.3 is 26.5 Å². The number of aryl methyl sites for hydroxylation is 1. The van der Waals surface area contributed by atoms with E-state index in [4.69, 9.17) is 10.9 Å². The standard InChI is InChI=1S/C21H23N5O4/c22-23-13-14-5-8-16(9-6-14)26-12-11-18(20(26)29)25-21(30)24-17-4-2-1-3-15(17)7-10-19(27)28/h1-6,8-9,13,18H,7,10-12,22H2,(H,27,28)(H2,24,25,30)/t18-/m0/s1. The van der Waals surface area contributed by atoms with Crippen LogP contribution in [0.15, 0.2) is 53.6 Å². The third-order valence-corrected chi connectivity index (χ3v) is 4.81. The summed E-state index contributed by atoms with van der Waals surface area (Å²) >= 11 is 0. The summed E-state index contributed by atoms with van der Waals surface area (Å²) in [5.74, 6) is 4.04. The van der Waals surface area contributed by atoms with Gasteiger partial charge in [-0.25, -0.2) is 4.79 Å². The van der Waals surface area contributed by atoms with Crippen LogP contribution in [0.1, 0.15) is 24.0 Å². The maximum atomic E-state index is 12.7. The fraction of sp³-hybridized carbons (Fsp3) is 0.238. The molecule has 9 heteroatoms. The van der Waals surface area contributed by atoms with E-state index in [-0.39, 0.29) is 12.3 Å². The van der Waals surface area contributed by atoms with Crippen molar-refractivity contribution < 1.29 is 19.5 Å². The van der Waals surface area contributed by atoms with Gasteiger partial charge in [-0.2, -0.15) is 5.10 Å². The average Bonchev–Trinajstić information content (AvgIpc) is 3.08. The van der Waals surface area contributed by atoms with Crippen LogP contribution in [0.5, 0.6) is 0 Å². The van der Waals surface area contributed by atoms with Gasteiger partial charge in [0, 0.05) is 24.3 Å². The molecule has 0 aromatic heterocycles. The van der Waals surface area contributed by atoms with Gasteiger partial charge in [-0.15, -0.1) is 0 Å². The Morgan fingerprint density at radius 3 is 2.63 bits per heavy atom. The highest BCUT2D eigenvalue weighted by Crippen LogP contribution is 2.22. The van der Waals surface area contributed by atoms with Crippen molar-refractivity contribution in [3.63, 3.8) is 0 Å². The molecule has 0 bridgehead atoms. The first-order valence-corrected chi connectivity index (χ1v) is 9.50. The molecule has 5 N–H and O–H groups in total.